The largest absolute Gasteiger partial charge is 0.367 e. The van der Waals surface area contributed by atoms with Crippen molar-refractivity contribution in [2.45, 2.75) is 75.8 Å². The molecule has 0 aliphatic carbocycles. The van der Waals surface area contributed by atoms with Crippen molar-refractivity contribution in [3.63, 3.8) is 0 Å². The van der Waals surface area contributed by atoms with Gasteiger partial charge in [0.25, 0.3) is 0 Å². The molecule has 5 rings (SSSR count). The van der Waals surface area contributed by atoms with E-state index in [-0.39, 0.29) is 12.1 Å². The first-order chi connectivity index (χ1) is 15.6. The zero-order valence-corrected chi connectivity index (χ0v) is 18.9. The van der Waals surface area contributed by atoms with Crippen LogP contribution >= 0.6 is 0 Å². The van der Waals surface area contributed by atoms with Crippen molar-refractivity contribution in [2.24, 2.45) is 0 Å². The van der Waals surface area contributed by atoms with Crippen molar-refractivity contribution < 1.29 is 4.79 Å². The van der Waals surface area contributed by atoms with Gasteiger partial charge in [0.1, 0.15) is 11.6 Å². The molecule has 2 aromatic heterocycles. The molecule has 1 amide bonds. The van der Waals surface area contributed by atoms with Crippen molar-refractivity contribution in [1.29, 1.82) is 0 Å². The highest BCUT2D eigenvalue weighted by Gasteiger charge is 2.39. The lowest BCUT2D eigenvalue weighted by Crippen LogP contribution is -2.57. The van der Waals surface area contributed by atoms with E-state index in [0.717, 1.165) is 54.6 Å². The van der Waals surface area contributed by atoms with Crippen LogP contribution in [0.15, 0.2) is 24.4 Å². The van der Waals surface area contributed by atoms with Crippen LogP contribution in [0.2, 0.25) is 0 Å². The summed E-state index contributed by atoms with van der Waals surface area (Å²) in [6, 6.07) is 7.71. The molecule has 3 unspecified atom stereocenters. The molecule has 172 valence electrons. The van der Waals surface area contributed by atoms with Crippen molar-refractivity contribution in [1.82, 2.24) is 31.0 Å². The van der Waals surface area contributed by atoms with Gasteiger partial charge in [-0.25, -0.2) is 10.4 Å². The molecule has 3 saturated heterocycles. The highest BCUT2D eigenvalue weighted by molar-refractivity contribution is 5.91. The number of carbonyl (C=O) groups is 1. The zero-order chi connectivity index (χ0) is 22.1. The molecule has 3 aliphatic heterocycles. The topological polar surface area (TPSA) is 106 Å². The first kappa shape index (κ1) is 21.4. The summed E-state index contributed by atoms with van der Waals surface area (Å²) in [5, 5.41) is 11.1. The third-order valence-electron chi connectivity index (χ3n) is 7.09. The number of hydrogen-bond acceptors (Lipinski definition) is 8. The fraction of sp³-hybridized carbons (Fsp3) is 0.609. The summed E-state index contributed by atoms with van der Waals surface area (Å²) < 4.78 is 0. The Morgan fingerprint density at radius 2 is 2.00 bits per heavy atom. The Balaban J connectivity index is 1.35. The van der Waals surface area contributed by atoms with E-state index in [4.69, 9.17) is 4.98 Å². The van der Waals surface area contributed by atoms with Crippen molar-refractivity contribution in [3.05, 3.63) is 24.4 Å². The number of piperidine rings is 2. The van der Waals surface area contributed by atoms with Gasteiger partial charge < -0.3 is 16.0 Å². The average Bonchev–Trinajstić information content (AvgIpc) is 3.18. The Morgan fingerprint density at radius 1 is 1.19 bits per heavy atom. The summed E-state index contributed by atoms with van der Waals surface area (Å²) in [6.07, 6.45) is 8.56. The first-order valence-electron chi connectivity index (χ1n) is 11.9. The molecule has 3 fully saturated rings. The zero-order valence-electron chi connectivity index (χ0n) is 18.9. The number of anilines is 2. The standard InChI is InChI=1S/C23H34N8O/c1-14-9-21(30-29-14)27-20-12-19-18(7-4-8-25-19)23(28-20)26-15-10-16-5-3-6-17(11-15)31(16)13-22(32)24-2/h4,7-8,12,14-17,21,29-30H,3,5-6,9-11,13H2,1-2H3,(H,24,32)(H2,26,27,28)/t14?,15?,16-,17+,21?. The van der Waals surface area contributed by atoms with Gasteiger partial charge >= 0.3 is 0 Å². The van der Waals surface area contributed by atoms with E-state index in [0.29, 0.717) is 30.7 Å². The highest BCUT2D eigenvalue weighted by Crippen LogP contribution is 2.36. The molecule has 3 aliphatic rings. The number of aromatic nitrogens is 2. The quantitative estimate of drug-likeness (QED) is 0.465. The van der Waals surface area contributed by atoms with Gasteiger partial charge in [0, 0.05) is 48.9 Å². The van der Waals surface area contributed by atoms with Gasteiger partial charge in [0.2, 0.25) is 5.91 Å². The fourth-order valence-corrected chi connectivity index (χ4v) is 5.54. The third-order valence-corrected chi connectivity index (χ3v) is 7.09. The molecule has 0 spiro atoms. The van der Waals surface area contributed by atoms with Gasteiger partial charge in [0.15, 0.2) is 0 Å². The van der Waals surface area contributed by atoms with Gasteiger partial charge in [-0.1, -0.05) is 6.42 Å². The Bertz CT molecular complexity index is 954. The predicted molar refractivity (Wildman–Crippen MR) is 126 cm³/mol. The number of rotatable bonds is 6. The Kier molecular flexibility index (Phi) is 6.12. The minimum atomic E-state index is 0.107. The van der Waals surface area contributed by atoms with Crippen LogP contribution in [-0.2, 0) is 4.79 Å². The molecule has 2 bridgehead atoms. The molecule has 5 heterocycles. The maximum absolute atomic E-state index is 12.0. The number of fused-ring (bicyclic) bond motifs is 3. The monoisotopic (exact) mass is 438 g/mol. The average molecular weight is 439 g/mol. The smallest absolute Gasteiger partial charge is 0.233 e. The minimum Gasteiger partial charge on any atom is -0.367 e. The van der Waals surface area contributed by atoms with E-state index in [1.165, 1.54) is 6.42 Å². The van der Waals surface area contributed by atoms with E-state index in [1.807, 2.05) is 18.3 Å². The third kappa shape index (κ3) is 4.51. The van der Waals surface area contributed by atoms with E-state index >= 15 is 0 Å². The van der Waals surface area contributed by atoms with E-state index in [1.54, 1.807) is 7.05 Å². The van der Waals surface area contributed by atoms with Crippen LogP contribution in [0.25, 0.3) is 10.9 Å². The molecular weight excluding hydrogens is 404 g/mol. The Morgan fingerprint density at radius 3 is 2.72 bits per heavy atom. The summed E-state index contributed by atoms with van der Waals surface area (Å²) in [6.45, 7) is 2.66. The number of pyridine rings is 2. The van der Waals surface area contributed by atoms with Gasteiger partial charge in [-0.3, -0.25) is 20.1 Å². The van der Waals surface area contributed by atoms with Gasteiger partial charge in [-0.15, -0.1) is 0 Å². The maximum atomic E-state index is 12.0. The molecule has 0 radical (unpaired) electrons. The van der Waals surface area contributed by atoms with E-state index < -0.39 is 0 Å². The van der Waals surface area contributed by atoms with Crippen LogP contribution in [0.3, 0.4) is 0 Å². The lowest BCUT2D eigenvalue weighted by molar-refractivity contribution is -0.124. The van der Waals surface area contributed by atoms with Crippen LogP contribution in [0.1, 0.15) is 45.4 Å². The lowest BCUT2D eigenvalue weighted by atomic mass is 9.81. The minimum absolute atomic E-state index is 0.107. The molecule has 5 N–H and O–H groups in total. The van der Waals surface area contributed by atoms with Gasteiger partial charge in [-0.2, -0.15) is 0 Å². The molecule has 9 heteroatoms. The number of likely N-dealkylation sites (N-methyl/N-ethyl adjacent to an activating group) is 1. The van der Waals surface area contributed by atoms with Gasteiger partial charge in [-0.05, 0) is 51.2 Å². The summed E-state index contributed by atoms with van der Waals surface area (Å²) in [7, 11) is 1.72. The van der Waals surface area contributed by atoms with Crippen LogP contribution < -0.4 is 26.8 Å². The van der Waals surface area contributed by atoms with Crippen molar-refractivity contribution in [3.8, 4) is 0 Å². The van der Waals surface area contributed by atoms with E-state index in [9.17, 15) is 4.79 Å². The summed E-state index contributed by atoms with van der Waals surface area (Å²) in [5.41, 5.74) is 7.46. The second kappa shape index (κ2) is 9.17. The first-order valence-corrected chi connectivity index (χ1v) is 11.9. The Hall–Kier alpha value is -2.49. The summed E-state index contributed by atoms with van der Waals surface area (Å²) >= 11 is 0. The Labute approximate surface area is 189 Å². The second-order valence-corrected chi connectivity index (χ2v) is 9.45. The molecule has 2 aromatic rings. The van der Waals surface area contributed by atoms with Crippen LogP contribution in [0.4, 0.5) is 11.6 Å². The van der Waals surface area contributed by atoms with E-state index in [2.05, 4.69) is 49.7 Å². The lowest BCUT2D eigenvalue weighted by Gasteiger charge is -2.48. The summed E-state index contributed by atoms with van der Waals surface area (Å²) in [4.78, 5) is 24.0. The highest BCUT2D eigenvalue weighted by atomic mass is 16.1. The van der Waals surface area contributed by atoms with Crippen LogP contribution in [-0.4, -0.2) is 64.7 Å². The normalized spacial score (nSPS) is 30.2. The number of amides is 1. The molecular formula is C23H34N8O. The molecule has 0 saturated carbocycles. The predicted octanol–water partition coefficient (Wildman–Crippen LogP) is 1.80. The van der Waals surface area contributed by atoms with Crippen molar-refractivity contribution in [2.75, 3.05) is 24.2 Å². The number of nitrogens with zero attached hydrogens (tertiary/aromatic N) is 3. The second-order valence-electron chi connectivity index (χ2n) is 9.45. The van der Waals surface area contributed by atoms with Crippen LogP contribution in [0.5, 0.6) is 0 Å². The van der Waals surface area contributed by atoms with Crippen LogP contribution in [0, 0.1) is 0 Å². The van der Waals surface area contributed by atoms with Crippen molar-refractivity contribution >= 4 is 28.4 Å². The number of nitrogens with one attached hydrogen (secondary N) is 5. The number of carbonyl (C=O) groups excluding carboxylic acids is 1. The summed E-state index contributed by atoms with van der Waals surface area (Å²) in [5.74, 6) is 1.82. The molecule has 5 atom stereocenters. The SMILES string of the molecule is CNC(=O)CN1[C@@H]2CCC[C@H]1CC(Nc1nc(NC3CC(C)NN3)cc3ncccc13)C2. The number of hydrazine groups is 1. The van der Waals surface area contributed by atoms with Gasteiger partial charge in [0.05, 0.1) is 18.2 Å². The maximum Gasteiger partial charge on any atom is 0.233 e. The molecule has 32 heavy (non-hydrogen) atoms. The number of hydrogen-bond donors (Lipinski definition) is 5. The molecule has 0 aromatic carbocycles. The fourth-order valence-electron chi connectivity index (χ4n) is 5.54. The molecule has 9 nitrogen and oxygen atoms in total.